The lowest BCUT2D eigenvalue weighted by Crippen LogP contribution is -2.40. The van der Waals surface area contributed by atoms with Crippen LogP contribution in [0.15, 0.2) is 65.2 Å². The Morgan fingerprint density at radius 1 is 1.17 bits per heavy atom. The molecule has 1 saturated heterocycles. The van der Waals surface area contributed by atoms with E-state index >= 15 is 0 Å². The second-order valence-electron chi connectivity index (χ2n) is 7.90. The summed E-state index contributed by atoms with van der Waals surface area (Å²) < 4.78 is 6.00. The third-order valence-electron chi connectivity index (χ3n) is 5.55. The highest BCUT2D eigenvalue weighted by atomic mass is 16.4. The Morgan fingerprint density at radius 3 is 2.72 bits per heavy atom. The van der Waals surface area contributed by atoms with Gasteiger partial charge in [-0.05, 0) is 44.5 Å². The van der Waals surface area contributed by atoms with Crippen LogP contribution in [0.3, 0.4) is 0 Å². The molecular formula is C24H27N3O2. The maximum atomic E-state index is 13.2. The number of carbonyl (C=O) groups is 1. The smallest absolute Gasteiger partial charge is 0.254 e. The zero-order valence-corrected chi connectivity index (χ0v) is 17.0. The topological polar surface area (TPSA) is 49.6 Å². The molecule has 3 aromatic rings. The highest BCUT2D eigenvalue weighted by molar-refractivity contribution is 5.99. The summed E-state index contributed by atoms with van der Waals surface area (Å²) in [4.78, 5) is 21.8. The molecule has 150 valence electrons. The van der Waals surface area contributed by atoms with E-state index in [1.54, 1.807) is 6.20 Å². The molecule has 5 heteroatoms. The molecule has 4 rings (SSSR count). The van der Waals surface area contributed by atoms with E-state index in [9.17, 15) is 4.79 Å². The minimum absolute atomic E-state index is 0.00767. The fourth-order valence-corrected chi connectivity index (χ4v) is 4.09. The van der Waals surface area contributed by atoms with E-state index in [-0.39, 0.29) is 5.91 Å². The van der Waals surface area contributed by atoms with Crippen molar-refractivity contribution >= 4 is 5.91 Å². The number of piperidine rings is 1. The van der Waals surface area contributed by atoms with Gasteiger partial charge in [-0.3, -0.25) is 4.79 Å². The molecule has 1 atom stereocenters. The SMILES string of the molecule is CN1CCCC(CN(C)C(=O)c2ccccc2-c2ncc(-c3ccccc3)o2)C1. The van der Waals surface area contributed by atoms with Gasteiger partial charge < -0.3 is 14.2 Å². The van der Waals surface area contributed by atoms with Crippen LogP contribution in [-0.4, -0.2) is 54.4 Å². The summed E-state index contributed by atoms with van der Waals surface area (Å²) in [6, 6.07) is 17.4. The highest BCUT2D eigenvalue weighted by Crippen LogP contribution is 2.29. The molecule has 0 radical (unpaired) electrons. The largest absolute Gasteiger partial charge is 0.436 e. The van der Waals surface area contributed by atoms with Crippen LogP contribution in [0, 0.1) is 5.92 Å². The summed E-state index contributed by atoms with van der Waals surface area (Å²) in [5.41, 5.74) is 2.32. The van der Waals surface area contributed by atoms with E-state index in [4.69, 9.17) is 4.42 Å². The lowest BCUT2D eigenvalue weighted by Gasteiger charge is -2.32. The molecule has 2 aromatic carbocycles. The van der Waals surface area contributed by atoms with Gasteiger partial charge in [-0.25, -0.2) is 4.98 Å². The molecule has 0 aliphatic carbocycles. The molecule has 1 aliphatic heterocycles. The highest BCUT2D eigenvalue weighted by Gasteiger charge is 2.24. The number of hydrogen-bond donors (Lipinski definition) is 0. The Kier molecular flexibility index (Phi) is 5.76. The van der Waals surface area contributed by atoms with Crippen LogP contribution in [0.4, 0.5) is 0 Å². The Bertz CT molecular complexity index is 967. The number of carbonyl (C=O) groups excluding carboxylic acids is 1. The predicted molar refractivity (Wildman–Crippen MR) is 115 cm³/mol. The molecule has 2 heterocycles. The maximum Gasteiger partial charge on any atom is 0.254 e. The first-order valence-corrected chi connectivity index (χ1v) is 10.2. The number of nitrogens with zero attached hydrogens (tertiary/aromatic N) is 3. The van der Waals surface area contributed by atoms with Crippen molar-refractivity contribution < 1.29 is 9.21 Å². The number of amides is 1. The minimum atomic E-state index is 0.00767. The number of aromatic nitrogens is 1. The number of oxazole rings is 1. The molecule has 0 bridgehead atoms. The average Bonchev–Trinajstić information content (AvgIpc) is 3.24. The van der Waals surface area contributed by atoms with Gasteiger partial charge in [0.05, 0.1) is 11.8 Å². The van der Waals surface area contributed by atoms with Gasteiger partial charge in [0.2, 0.25) is 5.89 Å². The molecule has 1 amide bonds. The van der Waals surface area contributed by atoms with Gasteiger partial charge in [0.1, 0.15) is 0 Å². The molecule has 5 nitrogen and oxygen atoms in total. The molecule has 29 heavy (non-hydrogen) atoms. The molecular weight excluding hydrogens is 362 g/mol. The van der Waals surface area contributed by atoms with Gasteiger partial charge in [0, 0.05) is 31.3 Å². The van der Waals surface area contributed by atoms with Gasteiger partial charge >= 0.3 is 0 Å². The van der Waals surface area contributed by atoms with Crippen LogP contribution in [0.2, 0.25) is 0 Å². The van der Waals surface area contributed by atoms with Crippen molar-refractivity contribution in [1.29, 1.82) is 0 Å². The van der Waals surface area contributed by atoms with Crippen molar-refractivity contribution in [2.75, 3.05) is 33.7 Å². The van der Waals surface area contributed by atoms with Gasteiger partial charge in [-0.15, -0.1) is 0 Å². The summed E-state index contributed by atoms with van der Waals surface area (Å²) in [6.45, 7) is 2.95. The van der Waals surface area contributed by atoms with Crippen molar-refractivity contribution in [1.82, 2.24) is 14.8 Å². The van der Waals surface area contributed by atoms with Crippen LogP contribution < -0.4 is 0 Å². The zero-order valence-electron chi connectivity index (χ0n) is 17.0. The molecule has 0 N–H and O–H groups in total. The second-order valence-corrected chi connectivity index (χ2v) is 7.90. The second kappa shape index (κ2) is 8.62. The van der Waals surface area contributed by atoms with Crippen LogP contribution in [-0.2, 0) is 0 Å². The van der Waals surface area contributed by atoms with Crippen LogP contribution in [0.1, 0.15) is 23.2 Å². The summed E-state index contributed by atoms with van der Waals surface area (Å²) in [5.74, 6) is 1.69. The zero-order chi connectivity index (χ0) is 20.2. The van der Waals surface area contributed by atoms with Crippen LogP contribution >= 0.6 is 0 Å². The monoisotopic (exact) mass is 389 g/mol. The Hall–Kier alpha value is -2.92. The lowest BCUT2D eigenvalue weighted by molar-refractivity contribution is 0.0741. The van der Waals surface area contributed by atoms with Gasteiger partial charge in [0.15, 0.2) is 5.76 Å². The first kappa shape index (κ1) is 19.4. The van der Waals surface area contributed by atoms with Crippen molar-refractivity contribution in [3.63, 3.8) is 0 Å². The predicted octanol–water partition coefficient (Wildman–Crippen LogP) is 4.42. The fraction of sp³-hybridized carbons (Fsp3) is 0.333. The van der Waals surface area contributed by atoms with Crippen molar-refractivity contribution in [2.24, 2.45) is 5.92 Å². The fourth-order valence-electron chi connectivity index (χ4n) is 4.09. The van der Waals surface area contributed by atoms with E-state index in [2.05, 4.69) is 16.9 Å². The van der Waals surface area contributed by atoms with E-state index in [1.807, 2.05) is 66.5 Å². The molecule has 1 aromatic heterocycles. The van der Waals surface area contributed by atoms with Crippen molar-refractivity contribution in [2.45, 2.75) is 12.8 Å². The third-order valence-corrected chi connectivity index (χ3v) is 5.55. The van der Waals surface area contributed by atoms with Crippen LogP contribution in [0.5, 0.6) is 0 Å². The molecule has 1 aliphatic rings. The average molecular weight is 389 g/mol. The lowest BCUT2D eigenvalue weighted by atomic mass is 9.97. The number of likely N-dealkylation sites (tertiary alicyclic amines) is 1. The standard InChI is InChI=1S/C24H27N3O2/c1-26-14-8-9-18(16-26)17-27(2)24(28)21-13-7-6-12-20(21)23-25-15-22(29-23)19-10-4-3-5-11-19/h3-7,10-13,15,18H,8-9,14,16-17H2,1-2H3. The van der Waals surface area contributed by atoms with E-state index < -0.39 is 0 Å². The summed E-state index contributed by atoms with van der Waals surface area (Å²) in [6.07, 6.45) is 4.08. The molecule has 1 unspecified atom stereocenters. The quantitative estimate of drug-likeness (QED) is 0.648. The summed E-state index contributed by atoms with van der Waals surface area (Å²) in [5, 5.41) is 0. The van der Waals surface area contributed by atoms with Gasteiger partial charge in [0.25, 0.3) is 5.91 Å². The van der Waals surface area contributed by atoms with Gasteiger partial charge in [-0.1, -0.05) is 42.5 Å². The molecule has 1 fully saturated rings. The minimum Gasteiger partial charge on any atom is -0.436 e. The summed E-state index contributed by atoms with van der Waals surface area (Å²) >= 11 is 0. The molecule has 0 saturated carbocycles. The first-order chi connectivity index (χ1) is 14.1. The Morgan fingerprint density at radius 2 is 1.93 bits per heavy atom. The van der Waals surface area contributed by atoms with Crippen LogP contribution in [0.25, 0.3) is 22.8 Å². The third kappa shape index (κ3) is 4.40. The molecule has 0 spiro atoms. The van der Waals surface area contributed by atoms with Crippen molar-refractivity contribution in [3.05, 3.63) is 66.4 Å². The number of benzene rings is 2. The number of hydrogen-bond acceptors (Lipinski definition) is 4. The maximum absolute atomic E-state index is 13.2. The van der Waals surface area contributed by atoms with Crippen molar-refractivity contribution in [3.8, 4) is 22.8 Å². The van der Waals surface area contributed by atoms with E-state index in [0.717, 1.165) is 30.8 Å². The first-order valence-electron chi connectivity index (χ1n) is 10.2. The van der Waals surface area contributed by atoms with E-state index in [0.29, 0.717) is 23.1 Å². The Labute approximate surface area is 172 Å². The Balaban J connectivity index is 1.55. The summed E-state index contributed by atoms with van der Waals surface area (Å²) in [7, 11) is 4.04. The normalized spacial score (nSPS) is 17.2. The van der Waals surface area contributed by atoms with Gasteiger partial charge in [-0.2, -0.15) is 0 Å². The number of rotatable bonds is 5. The van der Waals surface area contributed by atoms with E-state index in [1.165, 1.54) is 12.8 Å².